The fourth-order valence-corrected chi connectivity index (χ4v) is 3.53. The van der Waals surface area contributed by atoms with Gasteiger partial charge in [-0.25, -0.2) is 0 Å². The molecule has 1 aliphatic heterocycles. The Morgan fingerprint density at radius 3 is 2.29 bits per heavy atom. The molecule has 7 heteroatoms. The molecule has 1 unspecified atom stereocenters. The van der Waals surface area contributed by atoms with Crippen molar-refractivity contribution in [3.8, 4) is 5.75 Å². The van der Waals surface area contributed by atoms with E-state index >= 15 is 0 Å². The third-order valence-electron chi connectivity index (χ3n) is 3.85. The minimum absolute atomic E-state index is 0.0301. The lowest BCUT2D eigenvalue weighted by molar-refractivity contribution is -0.146. The zero-order valence-electron chi connectivity index (χ0n) is 13.9. The number of nitrogens with zero attached hydrogens (tertiary/aromatic N) is 1. The van der Waals surface area contributed by atoms with Gasteiger partial charge in [0.25, 0.3) is 0 Å². The molecule has 0 spiro atoms. The molecule has 24 heavy (non-hydrogen) atoms. The fourth-order valence-electron chi connectivity index (χ4n) is 2.64. The standard InChI is InChI=1S/C17H20Cl3NO3/c1-17(2,3)16(23)21-6-4-5-10(9-21)15(22)24-14-12(19)7-11(18)8-13(14)20/h7-8,10H,4-6,9H2,1-3H3. The number of esters is 1. The number of hydrogen-bond acceptors (Lipinski definition) is 3. The summed E-state index contributed by atoms with van der Waals surface area (Å²) in [6.45, 7) is 6.60. The number of rotatable bonds is 2. The van der Waals surface area contributed by atoms with Gasteiger partial charge in [0.05, 0.1) is 16.0 Å². The number of piperidine rings is 1. The van der Waals surface area contributed by atoms with Crippen LogP contribution in [0.2, 0.25) is 15.1 Å². The summed E-state index contributed by atoms with van der Waals surface area (Å²) in [6, 6.07) is 2.93. The molecule has 0 aromatic heterocycles. The Morgan fingerprint density at radius 2 is 1.75 bits per heavy atom. The van der Waals surface area contributed by atoms with Crippen LogP contribution in [-0.2, 0) is 9.59 Å². The summed E-state index contributed by atoms with van der Waals surface area (Å²) in [6.07, 6.45) is 1.42. The summed E-state index contributed by atoms with van der Waals surface area (Å²) in [5, 5.41) is 0.725. The molecule has 132 valence electrons. The van der Waals surface area contributed by atoms with Gasteiger partial charge in [0.15, 0.2) is 5.75 Å². The average molecular weight is 393 g/mol. The lowest BCUT2D eigenvalue weighted by Crippen LogP contribution is -2.47. The van der Waals surface area contributed by atoms with Crippen LogP contribution in [0.15, 0.2) is 12.1 Å². The topological polar surface area (TPSA) is 46.6 Å². The van der Waals surface area contributed by atoms with Crippen molar-refractivity contribution >= 4 is 46.7 Å². The molecule has 1 aromatic rings. The van der Waals surface area contributed by atoms with Gasteiger partial charge in [0.2, 0.25) is 5.91 Å². The Kier molecular flexibility index (Phi) is 6.05. The molecule has 1 saturated heterocycles. The van der Waals surface area contributed by atoms with E-state index in [4.69, 9.17) is 39.5 Å². The van der Waals surface area contributed by atoms with E-state index < -0.39 is 17.3 Å². The molecule has 0 bridgehead atoms. The number of ether oxygens (including phenoxy) is 1. The maximum absolute atomic E-state index is 12.5. The first-order valence-electron chi connectivity index (χ1n) is 7.75. The average Bonchev–Trinajstić information content (AvgIpc) is 2.49. The molecule has 1 aliphatic rings. The highest BCUT2D eigenvalue weighted by Crippen LogP contribution is 2.36. The molecule has 1 aromatic carbocycles. The molecule has 0 saturated carbocycles. The number of likely N-dealkylation sites (tertiary alicyclic amines) is 1. The van der Waals surface area contributed by atoms with Crippen molar-refractivity contribution in [2.24, 2.45) is 11.3 Å². The molecule has 0 radical (unpaired) electrons. The van der Waals surface area contributed by atoms with E-state index in [0.717, 1.165) is 6.42 Å². The third-order valence-corrected chi connectivity index (χ3v) is 4.63. The largest absolute Gasteiger partial charge is 0.423 e. The first-order chi connectivity index (χ1) is 11.1. The monoisotopic (exact) mass is 391 g/mol. The highest BCUT2D eigenvalue weighted by Gasteiger charge is 2.34. The Bertz CT molecular complexity index is 632. The highest BCUT2D eigenvalue weighted by atomic mass is 35.5. The van der Waals surface area contributed by atoms with Gasteiger partial charge >= 0.3 is 5.97 Å². The molecule has 1 atom stereocenters. The van der Waals surface area contributed by atoms with E-state index in [1.165, 1.54) is 12.1 Å². The van der Waals surface area contributed by atoms with Crippen molar-refractivity contribution in [1.29, 1.82) is 0 Å². The summed E-state index contributed by atoms with van der Waals surface area (Å²) in [7, 11) is 0. The third kappa shape index (κ3) is 4.56. The number of carbonyl (C=O) groups is 2. The van der Waals surface area contributed by atoms with Gasteiger partial charge in [-0.05, 0) is 25.0 Å². The minimum Gasteiger partial charge on any atom is -0.423 e. The number of carbonyl (C=O) groups excluding carboxylic acids is 2. The minimum atomic E-state index is -0.478. The maximum atomic E-state index is 12.5. The van der Waals surface area contributed by atoms with Crippen LogP contribution in [0.5, 0.6) is 5.75 Å². The number of benzene rings is 1. The first kappa shape index (κ1) is 19.4. The molecule has 4 nitrogen and oxygen atoms in total. The van der Waals surface area contributed by atoms with E-state index in [9.17, 15) is 9.59 Å². The van der Waals surface area contributed by atoms with Gasteiger partial charge in [-0.2, -0.15) is 0 Å². The van der Waals surface area contributed by atoms with Crippen LogP contribution < -0.4 is 4.74 Å². The second-order valence-electron chi connectivity index (χ2n) is 6.96. The summed E-state index contributed by atoms with van der Waals surface area (Å²) < 4.78 is 5.38. The Hall–Kier alpha value is -0.970. The zero-order valence-corrected chi connectivity index (χ0v) is 16.1. The Labute approximate surface area is 157 Å². The van der Waals surface area contributed by atoms with E-state index in [1.807, 2.05) is 20.8 Å². The number of hydrogen-bond donors (Lipinski definition) is 0. The van der Waals surface area contributed by atoms with E-state index in [-0.39, 0.29) is 21.7 Å². The summed E-state index contributed by atoms with van der Waals surface area (Å²) in [5.74, 6) is -0.699. The molecular weight excluding hydrogens is 373 g/mol. The zero-order chi connectivity index (χ0) is 18.1. The number of amides is 1. The van der Waals surface area contributed by atoms with Crippen molar-refractivity contribution in [3.05, 3.63) is 27.2 Å². The second kappa shape index (κ2) is 7.51. The molecule has 1 amide bonds. The highest BCUT2D eigenvalue weighted by molar-refractivity contribution is 6.40. The molecule has 0 N–H and O–H groups in total. The molecule has 1 heterocycles. The Balaban J connectivity index is 2.09. The molecular formula is C17H20Cl3NO3. The smallest absolute Gasteiger partial charge is 0.316 e. The maximum Gasteiger partial charge on any atom is 0.316 e. The normalized spacial score (nSPS) is 18.4. The molecule has 0 aliphatic carbocycles. The van der Waals surface area contributed by atoms with E-state index in [1.54, 1.807) is 4.90 Å². The van der Waals surface area contributed by atoms with Crippen LogP contribution in [0.1, 0.15) is 33.6 Å². The Morgan fingerprint density at radius 1 is 1.17 bits per heavy atom. The van der Waals surface area contributed by atoms with Crippen LogP contribution in [0.4, 0.5) is 0 Å². The van der Waals surface area contributed by atoms with Crippen molar-refractivity contribution < 1.29 is 14.3 Å². The van der Waals surface area contributed by atoms with Crippen molar-refractivity contribution in [3.63, 3.8) is 0 Å². The van der Waals surface area contributed by atoms with Crippen LogP contribution in [0.25, 0.3) is 0 Å². The lowest BCUT2D eigenvalue weighted by Gasteiger charge is -2.35. The summed E-state index contributed by atoms with van der Waals surface area (Å²) in [5.41, 5.74) is -0.478. The van der Waals surface area contributed by atoms with Crippen molar-refractivity contribution in [2.75, 3.05) is 13.1 Å². The summed E-state index contributed by atoms with van der Waals surface area (Å²) >= 11 is 17.9. The van der Waals surface area contributed by atoms with Gasteiger partial charge < -0.3 is 9.64 Å². The predicted molar refractivity (Wildman–Crippen MR) is 95.9 cm³/mol. The van der Waals surface area contributed by atoms with E-state index in [2.05, 4.69) is 0 Å². The molecule has 2 rings (SSSR count). The predicted octanol–water partition coefficient (Wildman–Crippen LogP) is 4.84. The SMILES string of the molecule is CC(C)(C)C(=O)N1CCCC(C(=O)Oc2c(Cl)cc(Cl)cc2Cl)C1. The van der Waals surface area contributed by atoms with Gasteiger partial charge in [-0.15, -0.1) is 0 Å². The van der Waals surface area contributed by atoms with Gasteiger partial charge in [0, 0.05) is 23.5 Å². The van der Waals surface area contributed by atoms with Crippen LogP contribution in [-0.4, -0.2) is 29.9 Å². The van der Waals surface area contributed by atoms with Crippen LogP contribution >= 0.6 is 34.8 Å². The van der Waals surface area contributed by atoms with Crippen LogP contribution in [0.3, 0.4) is 0 Å². The second-order valence-corrected chi connectivity index (χ2v) is 8.21. The fraction of sp³-hybridized carbons (Fsp3) is 0.529. The van der Waals surface area contributed by atoms with Gasteiger partial charge in [-0.1, -0.05) is 55.6 Å². The molecule has 1 fully saturated rings. The first-order valence-corrected chi connectivity index (χ1v) is 8.88. The van der Waals surface area contributed by atoms with Crippen molar-refractivity contribution in [1.82, 2.24) is 4.90 Å². The lowest BCUT2D eigenvalue weighted by atomic mass is 9.91. The van der Waals surface area contributed by atoms with Crippen molar-refractivity contribution in [2.45, 2.75) is 33.6 Å². The van der Waals surface area contributed by atoms with Gasteiger partial charge in [-0.3, -0.25) is 9.59 Å². The quantitative estimate of drug-likeness (QED) is 0.534. The van der Waals surface area contributed by atoms with Gasteiger partial charge in [0.1, 0.15) is 0 Å². The van der Waals surface area contributed by atoms with E-state index in [0.29, 0.717) is 24.5 Å². The summed E-state index contributed by atoms with van der Waals surface area (Å²) in [4.78, 5) is 26.6. The number of halogens is 3. The van der Waals surface area contributed by atoms with Crippen LogP contribution in [0, 0.1) is 11.3 Å².